The van der Waals surface area contributed by atoms with E-state index in [9.17, 15) is 14.7 Å². The molecule has 0 saturated carbocycles. The molecule has 1 aliphatic heterocycles. The molecule has 2 heterocycles. The first-order valence-electron chi connectivity index (χ1n) is 6.05. The van der Waals surface area contributed by atoms with Crippen LogP contribution in [0.4, 0.5) is 0 Å². The van der Waals surface area contributed by atoms with Crippen molar-refractivity contribution in [2.24, 2.45) is 7.05 Å². The number of nitrogens with zero attached hydrogens (tertiary/aromatic N) is 2. The summed E-state index contributed by atoms with van der Waals surface area (Å²) in [5.41, 5.74) is 0.854. The molecule has 1 saturated heterocycles. The van der Waals surface area contributed by atoms with E-state index >= 15 is 0 Å². The van der Waals surface area contributed by atoms with Crippen LogP contribution in [0.5, 0.6) is 0 Å². The Morgan fingerprint density at radius 3 is 2.80 bits per heavy atom. The first kappa shape index (κ1) is 14.8. The molecule has 0 aliphatic carbocycles. The van der Waals surface area contributed by atoms with Gasteiger partial charge in [0, 0.05) is 18.9 Å². The second-order valence-corrected chi connectivity index (χ2v) is 6.01. The highest BCUT2D eigenvalue weighted by Crippen LogP contribution is 2.34. The molecule has 106 valence electrons. The maximum Gasteiger partial charge on any atom is 0.266 e. The molecule has 1 aromatic rings. The molecule has 0 aromatic carbocycles. The van der Waals surface area contributed by atoms with Crippen LogP contribution in [-0.2, 0) is 16.6 Å². The van der Waals surface area contributed by atoms with Crippen LogP contribution in [-0.4, -0.2) is 31.7 Å². The summed E-state index contributed by atoms with van der Waals surface area (Å²) in [5.74, 6) is -1.67. The van der Waals surface area contributed by atoms with Crippen LogP contribution in [0.1, 0.15) is 19.0 Å². The minimum absolute atomic E-state index is 0.256. The van der Waals surface area contributed by atoms with Crippen molar-refractivity contribution in [3.63, 3.8) is 0 Å². The molecule has 0 radical (unpaired) electrons. The molecule has 0 N–H and O–H groups in total. The zero-order valence-corrected chi connectivity index (χ0v) is 12.7. The highest BCUT2D eigenvalue weighted by Gasteiger charge is 2.37. The maximum absolute atomic E-state index is 12.3. The summed E-state index contributed by atoms with van der Waals surface area (Å²) < 4.78 is 2.12. The van der Waals surface area contributed by atoms with Crippen molar-refractivity contribution in [3.05, 3.63) is 28.9 Å². The standard InChI is InChI=1S/C13H14N2O3S2/c1-3-9(12(17)18)15-11(16)10(20-13(15)19)7-8-5-4-6-14(8)2/h4-7,9H,3H2,1-2H3,(H,17,18)/p-1/b10-7-/t9-/m0/s1. The highest BCUT2D eigenvalue weighted by molar-refractivity contribution is 8.26. The van der Waals surface area contributed by atoms with Gasteiger partial charge in [0.2, 0.25) is 0 Å². The Morgan fingerprint density at radius 1 is 1.60 bits per heavy atom. The van der Waals surface area contributed by atoms with E-state index in [4.69, 9.17) is 12.2 Å². The van der Waals surface area contributed by atoms with Gasteiger partial charge in [-0.05, 0) is 24.6 Å². The molecule has 1 aliphatic rings. The van der Waals surface area contributed by atoms with Crippen LogP contribution in [0.25, 0.3) is 6.08 Å². The third kappa shape index (κ3) is 2.64. The fourth-order valence-electron chi connectivity index (χ4n) is 1.96. The number of aliphatic carboxylic acids is 1. The summed E-state index contributed by atoms with van der Waals surface area (Å²) in [5, 5.41) is 11.1. The Hall–Kier alpha value is -1.60. The van der Waals surface area contributed by atoms with Crippen LogP contribution in [0.2, 0.25) is 0 Å². The first-order valence-corrected chi connectivity index (χ1v) is 7.27. The van der Waals surface area contributed by atoms with E-state index in [0.29, 0.717) is 4.91 Å². The Labute approximate surface area is 126 Å². The number of thiocarbonyl (C=S) groups is 1. The number of carbonyl (C=O) groups is 2. The van der Waals surface area contributed by atoms with E-state index < -0.39 is 12.0 Å². The fourth-order valence-corrected chi connectivity index (χ4v) is 3.30. The molecule has 5 nitrogen and oxygen atoms in total. The van der Waals surface area contributed by atoms with E-state index in [2.05, 4.69) is 0 Å². The second-order valence-electron chi connectivity index (χ2n) is 4.34. The van der Waals surface area contributed by atoms with Gasteiger partial charge in [-0.25, -0.2) is 0 Å². The maximum atomic E-state index is 12.3. The van der Waals surface area contributed by atoms with Crippen molar-refractivity contribution in [3.8, 4) is 0 Å². The lowest BCUT2D eigenvalue weighted by molar-refractivity contribution is -0.310. The van der Waals surface area contributed by atoms with Crippen molar-refractivity contribution in [2.75, 3.05) is 0 Å². The molecular weight excluding hydrogens is 296 g/mol. The molecule has 2 rings (SSSR count). The van der Waals surface area contributed by atoms with Crippen LogP contribution in [0, 0.1) is 0 Å². The minimum Gasteiger partial charge on any atom is -0.548 e. The Bertz CT molecular complexity index is 607. The summed E-state index contributed by atoms with van der Waals surface area (Å²) >= 11 is 6.23. The number of hydrogen-bond acceptors (Lipinski definition) is 5. The van der Waals surface area contributed by atoms with Gasteiger partial charge in [-0.1, -0.05) is 30.9 Å². The zero-order chi connectivity index (χ0) is 14.9. The topological polar surface area (TPSA) is 65.4 Å². The van der Waals surface area contributed by atoms with Crippen molar-refractivity contribution in [1.29, 1.82) is 0 Å². The van der Waals surface area contributed by atoms with Crippen LogP contribution in [0.3, 0.4) is 0 Å². The van der Waals surface area contributed by atoms with Crippen LogP contribution < -0.4 is 5.11 Å². The third-order valence-electron chi connectivity index (χ3n) is 3.06. The van der Waals surface area contributed by atoms with Gasteiger partial charge in [0.25, 0.3) is 5.91 Å². The number of amides is 1. The normalized spacial score (nSPS) is 18.9. The summed E-state index contributed by atoms with van der Waals surface area (Å²) in [7, 11) is 1.86. The van der Waals surface area contributed by atoms with Gasteiger partial charge in [-0.15, -0.1) is 0 Å². The van der Waals surface area contributed by atoms with Gasteiger partial charge >= 0.3 is 0 Å². The van der Waals surface area contributed by atoms with Crippen molar-refractivity contribution in [2.45, 2.75) is 19.4 Å². The monoisotopic (exact) mass is 309 g/mol. The molecule has 20 heavy (non-hydrogen) atoms. The number of hydrogen-bond donors (Lipinski definition) is 0. The lowest BCUT2D eigenvalue weighted by Gasteiger charge is -2.26. The number of carboxylic acid groups (broad SMARTS) is 1. The molecule has 1 amide bonds. The van der Waals surface area contributed by atoms with Gasteiger partial charge < -0.3 is 14.5 Å². The van der Waals surface area contributed by atoms with Crippen molar-refractivity contribution < 1.29 is 14.7 Å². The molecule has 0 bridgehead atoms. The van der Waals surface area contributed by atoms with Gasteiger partial charge in [-0.3, -0.25) is 9.69 Å². The van der Waals surface area contributed by atoms with Crippen molar-refractivity contribution in [1.82, 2.24) is 9.47 Å². The number of aryl methyl sites for hydroxylation is 1. The summed E-state index contributed by atoms with van der Waals surface area (Å²) in [6, 6.07) is 2.72. The quantitative estimate of drug-likeness (QED) is 0.607. The number of aromatic nitrogens is 1. The van der Waals surface area contributed by atoms with E-state index in [-0.39, 0.29) is 16.6 Å². The average Bonchev–Trinajstić information content (AvgIpc) is 2.89. The molecule has 0 unspecified atom stereocenters. The largest absolute Gasteiger partial charge is 0.548 e. The van der Waals surface area contributed by atoms with Gasteiger partial charge in [-0.2, -0.15) is 0 Å². The second kappa shape index (κ2) is 5.80. The molecule has 1 fully saturated rings. The number of carboxylic acids is 1. The minimum atomic E-state index is -1.29. The van der Waals surface area contributed by atoms with E-state index in [1.165, 1.54) is 0 Å². The summed E-state index contributed by atoms with van der Waals surface area (Å²) in [4.78, 5) is 25.0. The van der Waals surface area contributed by atoms with Gasteiger partial charge in [0.15, 0.2) is 0 Å². The predicted molar refractivity (Wildman–Crippen MR) is 79.5 cm³/mol. The number of thioether (sulfide) groups is 1. The van der Waals surface area contributed by atoms with Crippen LogP contribution >= 0.6 is 24.0 Å². The van der Waals surface area contributed by atoms with Gasteiger partial charge in [0.1, 0.15) is 4.32 Å². The molecule has 7 heteroatoms. The highest BCUT2D eigenvalue weighted by atomic mass is 32.2. The fraction of sp³-hybridized carbons (Fsp3) is 0.308. The zero-order valence-electron chi connectivity index (χ0n) is 11.0. The molecule has 1 aromatic heterocycles. The van der Waals surface area contributed by atoms with E-state index in [1.54, 1.807) is 13.0 Å². The molecule has 1 atom stereocenters. The van der Waals surface area contributed by atoms with Gasteiger partial charge in [0.05, 0.1) is 16.9 Å². The SMILES string of the molecule is CC[C@@H](C(=O)[O-])N1C(=O)/C(=C/c2cccn2C)SC1=S. The lowest BCUT2D eigenvalue weighted by atomic mass is 10.2. The Morgan fingerprint density at radius 2 is 2.30 bits per heavy atom. The lowest BCUT2D eigenvalue weighted by Crippen LogP contribution is -2.49. The number of rotatable bonds is 4. The Kier molecular flexibility index (Phi) is 4.29. The number of carbonyl (C=O) groups excluding carboxylic acids is 2. The average molecular weight is 309 g/mol. The predicted octanol–water partition coefficient (Wildman–Crippen LogP) is 0.755. The Balaban J connectivity index is 2.32. The molecular formula is C13H13N2O3S2-. The van der Waals surface area contributed by atoms with E-state index in [1.807, 2.05) is 29.9 Å². The summed E-state index contributed by atoms with van der Waals surface area (Å²) in [6.45, 7) is 1.68. The summed E-state index contributed by atoms with van der Waals surface area (Å²) in [6.07, 6.45) is 3.83. The van der Waals surface area contributed by atoms with Crippen molar-refractivity contribution >= 4 is 46.3 Å². The first-order chi connectivity index (χ1) is 9.45. The third-order valence-corrected chi connectivity index (χ3v) is 4.39. The molecule has 0 spiro atoms. The smallest absolute Gasteiger partial charge is 0.266 e. The van der Waals surface area contributed by atoms with Crippen LogP contribution in [0.15, 0.2) is 23.2 Å². The van der Waals surface area contributed by atoms with E-state index in [0.717, 1.165) is 22.4 Å².